The third-order valence-corrected chi connectivity index (χ3v) is 4.54. The number of hydrogen-bond acceptors (Lipinski definition) is 3. The Morgan fingerprint density at radius 1 is 1.28 bits per heavy atom. The van der Waals surface area contributed by atoms with Crippen LogP contribution in [0.25, 0.3) is 0 Å². The highest BCUT2D eigenvalue weighted by Gasteiger charge is 2.29. The zero-order valence-corrected chi connectivity index (χ0v) is 12.2. The van der Waals surface area contributed by atoms with Crippen LogP contribution in [0.2, 0.25) is 0 Å². The molecule has 1 N–H and O–H groups in total. The number of likely N-dealkylation sites (tertiary alicyclic amines) is 1. The van der Waals surface area contributed by atoms with Gasteiger partial charge in [0.1, 0.15) is 0 Å². The number of nitrogens with zero attached hydrogens (tertiary/aromatic N) is 1. The van der Waals surface area contributed by atoms with Crippen molar-refractivity contribution in [2.24, 2.45) is 11.8 Å². The highest BCUT2D eigenvalue weighted by atomic mass is 16.5. The molecule has 0 radical (unpaired) electrons. The molecule has 0 saturated carbocycles. The van der Waals surface area contributed by atoms with Crippen LogP contribution in [-0.2, 0) is 4.74 Å². The first-order valence-corrected chi connectivity index (χ1v) is 7.87. The molecule has 0 aromatic heterocycles. The van der Waals surface area contributed by atoms with E-state index < -0.39 is 0 Å². The van der Waals surface area contributed by atoms with E-state index in [-0.39, 0.29) is 0 Å². The Balaban J connectivity index is 1.76. The molecule has 0 aromatic carbocycles. The summed E-state index contributed by atoms with van der Waals surface area (Å²) < 4.78 is 5.49. The van der Waals surface area contributed by atoms with Crippen molar-refractivity contribution in [1.82, 2.24) is 10.2 Å². The number of hydrogen-bond donors (Lipinski definition) is 1. The normalized spacial score (nSPS) is 34.0. The molecule has 3 nitrogen and oxygen atoms in total. The smallest absolute Gasteiger partial charge is 0.0507 e. The van der Waals surface area contributed by atoms with Crippen molar-refractivity contribution in [3.63, 3.8) is 0 Å². The third kappa shape index (κ3) is 3.94. The minimum atomic E-state index is 0.756. The van der Waals surface area contributed by atoms with Gasteiger partial charge in [-0.2, -0.15) is 0 Å². The molecular weight excluding hydrogens is 224 g/mol. The maximum Gasteiger partial charge on any atom is 0.0507 e. The molecule has 2 aliphatic rings. The highest BCUT2D eigenvalue weighted by Crippen LogP contribution is 2.23. The summed E-state index contributed by atoms with van der Waals surface area (Å²) in [6.45, 7) is 11.6. The molecule has 3 atom stereocenters. The van der Waals surface area contributed by atoms with Gasteiger partial charge in [0.15, 0.2) is 0 Å². The van der Waals surface area contributed by atoms with Gasteiger partial charge in [-0.1, -0.05) is 20.3 Å². The molecule has 2 rings (SSSR count). The van der Waals surface area contributed by atoms with E-state index in [1.165, 1.54) is 51.9 Å². The van der Waals surface area contributed by atoms with Gasteiger partial charge in [0.25, 0.3) is 0 Å². The summed E-state index contributed by atoms with van der Waals surface area (Å²) in [6.07, 6.45) is 5.14. The molecule has 0 aliphatic carbocycles. The number of rotatable bonds is 6. The van der Waals surface area contributed by atoms with E-state index in [1.54, 1.807) is 0 Å². The van der Waals surface area contributed by atoms with Gasteiger partial charge in [0.05, 0.1) is 6.61 Å². The number of ether oxygens (including phenoxy) is 1. The number of nitrogens with one attached hydrogen (secondary N) is 1. The second-order valence-electron chi connectivity index (χ2n) is 6.01. The first-order valence-electron chi connectivity index (χ1n) is 7.87. The van der Waals surface area contributed by atoms with Crippen LogP contribution >= 0.6 is 0 Å². The largest absolute Gasteiger partial charge is 0.381 e. The lowest BCUT2D eigenvalue weighted by atomic mass is 9.89. The predicted molar refractivity (Wildman–Crippen MR) is 75.8 cm³/mol. The van der Waals surface area contributed by atoms with Crippen LogP contribution in [0.3, 0.4) is 0 Å². The van der Waals surface area contributed by atoms with Crippen LogP contribution in [-0.4, -0.2) is 50.3 Å². The van der Waals surface area contributed by atoms with Gasteiger partial charge in [-0.3, -0.25) is 0 Å². The summed E-state index contributed by atoms with van der Waals surface area (Å²) in [5.41, 5.74) is 0. The van der Waals surface area contributed by atoms with E-state index in [0.717, 1.165) is 31.1 Å². The zero-order chi connectivity index (χ0) is 12.8. The Morgan fingerprint density at radius 2 is 2.17 bits per heavy atom. The van der Waals surface area contributed by atoms with Crippen molar-refractivity contribution < 1.29 is 4.74 Å². The Kier molecular flexibility index (Phi) is 5.93. The van der Waals surface area contributed by atoms with Crippen LogP contribution in [0.1, 0.15) is 39.5 Å². The summed E-state index contributed by atoms with van der Waals surface area (Å²) in [4.78, 5) is 2.68. The Bertz CT molecular complexity index is 229. The summed E-state index contributed by atoms with van der Waals surface area (Å²) >= 11 is 0. The first-order chi connectivity index (χ1) is 8.83. The standard InChI is InChI=1S/C15H30N2O/c1-3-7-16-15-5-8-17(11-14(15)4-2)10-13-6-9-18-12-13/h13-16H,3-12H2,1-2H3. The maximum atomic E-state index is 5.49. The summed E-state index contributed by atoms with van der Waals surface area (Å²) in [5, 5.41) is 3.74. The average Bonchev–Trinajstić information content (AvgIpc) is 2.90. The Hall–Kier alpha value is -0.120. The summed E-state index contributed by atoms with van der Waals surface area (Å²) in [6, 6.07) is 0.756. The molecule has 2 fully saturated rings. The average molecular weight is 254 g/mol. The quantitative estimate of drug-likeness (QED) is 0.786. The topological polar surface area (TPSA) is 24.5 Å². The third-order valence-electron chi connectivity index (χ3n) is 4.54. The van der Waals surface area contributed by atoms with E-state index >= 15 is 0 Å². The molecule has 0 amide bonds. The van der Waals surface area contributed by atoms with E-state index in [0.29, 0.717) is 0 Å². The maximum absolute atomic E-state index is 5.49. The fourth-order valence-electron chi connectivity index (χ4n) is 3.38. The molecule has 2 heterocycles. The predicted octanol–water partition coefficient (Wildman–Crippen LogP) is 2.12. The van der Waals surface area contributed by atoms with Crippen molar-refractivity contribution in [3.05, 3.63) is 0 Å². The second kappa shape index (κ2) is 7.46. The van der Waals surface area contributed by atoms with E-state index in [1.807, 2.05) is 0 Å². The monoisotopic (exact) mass is 254 g/mol. The van der Waals surface area contributed by atoms with Crippen molar-refractivity contribution in [1.29, 1.82) is 0 Å². The summed E-state index contributed by atoms with van der Waals surface area (Å²) in [7, 11) is 0. The van der Waals surface area contributed by atoms with E-state index in [9.17, 15) is 0 Å². The molecule has 3 heteroatoms. The van der Waals surface area contributed by atoms with Gasteiger partial charge in [-0.15, -0.1) is 0 Å². The molecule has 2 saturated heterocycles. The molecule has 0 spiro atoms. The van der Waals surface area contributed by atoms with E-state index in [2.05, 4.69) is 24.1 Å². The fraction of sp³-hybridized carbons (Fsp3) is 1.00. The molecule has 106 valence electrons. The zero-order valence-electron chi connectivity index (χ0n) is 12.2. The van der Waals surface area contributed by atoms with Crippen molar-refractivity contribution >= 4 is 0 Å². The molecule has 3 unspecified atom stereocenters. The van der Waals surface area contributed by atoms with Crippen LogP contribution in [0.15, 0.2) is 0 Å². The van der Waals surface area contributed by atoms with Crippen molar-refractivity contribution in [2.45, 2.75) is 45.6 Å². The van der Waals surface area contributed by atoms with Gasteiger partial charge in [0.2, 0.25) is 0 Å². The molecule has 0 bridgehead atoms. The van der Waals surface area contributed by atoms with Crippen LogP contribution in [0.5, 0.6) is 0 Å². The summed E-state index contributed by atoms with van der Waals surface area (Å²) in [5.74, 6) is 1.63. The minimum absolute atomic E-state index is 0.756. The fourth-order valence-corrected chi connectivity index (χ4v) is 3.38. The Labute approximate surface area is 112 Å². The van der Waals surface area contributed by atoms with Gasteiger partial charge in [-0.05, 0) is 44.2 Å². The Morgan fingerprint density at radius 3 is 2.83 bits per heavy atom. The molecule has 2 aliphatic heterocycles. The van der Waals surface area contributed by atoms with Gasteiger partial charge < -0.3 is 15.0 Å². The molecule has 18 heavy (non-hydrogen) atoms. The van der Waals surface area contributed by atoms with Crippen LogP contribution < -0.4 is 5.32 Å². The van der Waals surface area contributed by atoms with Crippen LogP contribution in [0.4, 0.5) is 0 Å². The molecule has 0 aromatic rings. The molecular formula is C15H30N2O. The van der Waals surface area contributed by atoms with E-state index in [4.69, 9.17) is 4.74 Å². The minimum Gasteiger partial charge on any atom is -0.381 e. The van der Waals surface area contributed by atoms with Crippen molar-refractivity contribution in [2.75, 3.05) is 39.4 Å². The lowest BCUT2D eigenvalue weighted by Crippen LogP contribution is -2.50. The van der Waals surface area contributed by atoms with Gasteiger partial charge >= 0.3 is 0 Å². The number of piperidine rings is 1. The second-order valence-corrected chi connectivity index (χ2v) is 6.01. The highest BCUT2D eigenvalue weighted by molar-refractivity contribution is 4.85. The lowest BCUT2D eigenvalue weighted by Gasteiger charge is -2.39. The first kappa shape index (κ1) is 14.3. The van der Waals surface area contributed by atoms with Crippen molar-refractivity contribution in [3.8, 4) is 0 Å². The lowest BCUT2D eigenvalue weighted by molar-refractivity contribution is 0.110. The van der Waals surface area contributed by atoms with Gasteiger partial charge in [0, 0.05) is 25.7 Å². The SMILES string of the molecule is CCCNC1CCN(CC2CCOC2)CC1CC. The van der Waals surface area contributed by atoms with Gasteiger partial charge in [-0.25, -0.2) is 0 Å². The van der Waals surface area contributed by atoms with Crippen LogP contribution in [0, 0.1) is 11.8 Å².